The highest BCUT2D eigenvalue weighted by Gasteiger charge is 2.20. The van der Waals surface area contributed by atoms with E-state index >= 15 is 0 Å². The zero-order chi connectivity index (χ0) is 13.8. The van der Waals surface area contributed by atoms with Crippen LogP contribution in [0.1, 0.15) is 26.3 Å². The number of hydrogen-bond acceptors (Lipinski definition) is 2. The van der Waals surface area contributed by atoms with Gasteiger partial charge in [0, 0.05) is 17.1 Å². The van der Waals surface area contributed by atoms with Crippen molar-refractivity contribution in [3.63, 3.8) is 0 Å². The molecule has 1 aromatic carbocycles. The standard InChI is InChI=1S/C15H25BrN2/c1-12(18(4)11-15(2,3)10-17)9-13-5-7-14(16)8-6-13/h5-8,12H,9-11,17H2,1-4H3. The van der Waals surface area contributed by atoms with E-state index < -0.39 is 0 Å². The van der Waals surface area contributed by atoms with Gasteiger partial charge in [-0.05, 0) is 50.0 Å². The quantitative estimate of drug-likeness (QED) is 0.873. The van der Waals surface area contributed by atoms with Gasteiger partial charge in [-0.25, -0.2) is 0 Å². The largest absolute Gasteiger partial charge is 0.330 e. The molecule has 0 fully saturated rings. The summed E-state index contributed by atoms with van der Waals surface area (Å²) in [6.45, 7) is 8.46. The molecule has 0 aromatic heterocycles. The van der Waals surface area contributed by atoms with Gasteiger partial charge < -0.3 is 10.6 Å². The first-order valence-corrected chi connectivity index (χ1v) is 7.28. The first-order valence-electron chi connectivity index (χ1n) is 6.49. The summed E-state index contributed by atoms with van der Waals surface area (Å²) in [5.41, 5.74) is 7.35. The molecule has 0 aliphatic rings. The predicted molar refractivity (Wildman–Crippen MR) is 82.8 cm³/mol. The molecule has 0 radical (unpaired) electrons. The van der Waals surface area contributed by atoms with Crippen LogP contribution < -0.4 is 5.73 Å². The lowest BCUT2D eigenvalue weighted by molar-refractivity contribution is 0.172. The molecular formula is C15H25BrN2. The zero-order valence-electron chi connectivity index (χ0n) is 11.9. The number of nitrogens with zero attached hydrogens (tertiary/aromatic N) is 1. The van der Waals surface area contributed by atoms with Crippen LogP contribution in [-0.2, 0) is 6.42 Å². The van der Waals surface area contributed by atoms with Crippen molar-refractivity contribution in [3.8, 4) is 0 Å². The van der Waals surface area contributed by atoms with Gasteiger partial charge in [0.15, 0.2) is 0 Å². The molecule has 0 aliphatic carbocycles. The van der Waals surface area contributed by atoms with E-state index in [1.54, 1.807) is 0 Å². The maximum atomic E-state index is 5.79. The fraction of sp³-hybridized carbons (Fsp3) is 0.600. The summed E-state index contributed by atoms with van der Waals surface area (Å²) in [6, 6.07) is 9.10. The minimum atomic E-state index is 0.183. The summed E-state index contributed by atoms with van der Waals surface area (Å²) in [5.74, 6) is 0. The molecule has 0 heterocycles. The van der Waals surface area contributed by atoms with E-state index in [0.29, 0.717) is 6.04 Å². The summed E-state index contributed by atoms with van der Waals surface area (Å²) in [7, 11) is 2.18. The van der Waals surface area contributed by atoms with Gasteiger partial charge in [0.25, 0.3) is 0 Å². The SMILES string of the molecule is CC(Cc1ccc(Br)cc1)N(C)CC(C)(C)CN. The zero-order valence-corrected chi connectivity index (χ0v) is 13.5. The molecule has 0 saturated heterocycles. The molecule has 0 spiro atoms. The van der Waals surface area contributed by atoms with Crippen LogP contribution in [0.25, 0.3) is 0 Å². The van der Waals surface area contributed by atoms with Crippen LogP contribution in [0.15, 0.2) is 28.7 Å². The predicted octanol–water partition coefficient (Wildman–Crippen LogP) is 3.30. The van der Waals surface area contributed by atoms with Crippen LogP contribution in [-0.4, -0.2) is 31.1 Å². The molecule has 1 rings (SSSR count). The number of rotatable bonds is 6. The second-order valence-electron chi connectivity index (χ2n) is 5.96. The number of halogens is 1. The molecule has 0 aliphatic heterocycles. The lowest BCUT2D eigenvalue weighted by Crippen LogP contribution is -2.41. The summed E-state index contributed by atoms with van der Waals surface area (Å²) < 4.78 is 1.14. The average Bonchev–Trinajstić information content (AvgIpc) is 2.31. The van der Waals surface area contributed by atoms with Crippen molar-refractivity contribution in [1.82, 2.24) is 4.90 Å². The smallest absolute Gasteiger partial charge is 0.0175 e. The van der Waals surface area contributed by atoms with Crippen molar-refractivity contribution in [1.29, 1.82) is 0 Å². The third-order valence-corrected chi connectivity index (χ3v) is 3.96. The van der Waals surface area contributed by atoms with Gasteiger partial charge in [-0.1, -0.05) is 41.9 Å². The van der Waals surface area contributed by atoms with Gasteiger partial charge in [0.05, 0.1) is 0 Å². The van der Waals surface area contributed by atoms with Crippen molar-refractivity contribution < 1.29 is 0 Å². The molecule has 102 valence electrons. The summed E-state index contributed by atoms with van der Waals surface area (Å²) in [4.78, 5) is 2.40. The van der Waals surface area contributed by atoms with E-state index in [2.05, 4.69) is 72.9 Å². The summed E-state index contributed by atoms with van der Waals surface area (Å²) in [6.07, 6.45) is 1.07. The fourth-order valence-corrected chi connectivity index (χ4v) is 2.28. The highest BCUT2D eigenvalue weighted by Crippen LogP contribution is 2.18. The Morgan fingerprint density at radius 2 is 1.83 bits per heavy atom. The molecule has 1 atom stereocenters. The second-order valence-corrected chi connectivity index (χ2v) is 6.88. The number of hydrogen-bond donors (Lipinski definition) is 1. The van der Waals surface area contributed by atoms with Gasteiger partial charge in [-0.2, -0.15) is 0 Å². The Bertz CT molecular complexity index is 359. The first-order chi connectivity index (χ1) is 8.34. The van der Waals surface area contributed by atoms with E-state index in [9.17, 15) is 0 Å². The van der Waals surface area contributed by atoms with E-state index in [1.165, 1.54) is 5.56 Å². The van der Waals surface area contributed by atoms with Crippen LogP contribution in [0.5, 0.6) is 0 Å². The number of likely N-dealkylation sites (N-methyl/N-ethyl adjacent to an activating group) is 1. The van der Waals surface area contributed by atoms with Gasteiger partial charge >= 0.3 is 0 Å². The third-order valence-electron chi connectivity index (χ3n) is 3.43. The van der Waals surface area contributed by atoms with Gasteiger partial charge in [-0.15, -0.1) is 0 Å². The maximum Gasteiger partial charge on any atom is 0.0175 e. The Balaban J connectivity index is 2.54. The number of nitrogens with two attached hydrogens (primary N) is 1. The van der Waals surface area contributed by atoms with E-state index in [0.717, 1.165) is 24.0 Å². The minimum Gasteiger partial charge on any atom is -0.330 e. The monoisotopic (exact) mass is 312 g/mol. The van der Waals surface area contributed by atoms with Gasteiger partial charge in [-0.3, -0.25) is 0 Å². The molecule has 18 heavy (non-hydrogen) atoms. The second kappa shape index (κ2) is 6.69. The Morgan fingerprint density at radius 1 is 1.28 bits per heavy atom. The highest BCUT2D eigenvalue weighted by atomic mass is 79.9. The fourth-order valence-electron chi connectivity index (χ4n) is 2.01. The van der Waals surface area contributed by atoms with E-state index in [-0.39, 0.29) is 5.41 Å². The van der Waals surface area contributed by atoms with Crippen LogP contribution >= 0.6 is 15.9 Å². The van der Waals surface area contributed by atoms with E-state index in [1.807, 2.05) is 0 Å². The lowest BCUT2D eigenvalue weighted by atomic mass is 9.92. The topological polar surface area (TPSA) is 29.3 Å². The van der Waals surface area contributed by atoms with Crippen molar-refractivity contribution in [2.45, 2.75) is 33.2 Å². The summed E-state index contributed by atoms with van der Waals surface area (Å²) in [5, 5.41) is 0. The van der Waals surface area contributed by atoms with Crippen molar-refractivity contribution in [2.24, 2.45) is 11.1 Å². The maximum absolute atomic E-state index is 5.79. The minimum absolute atomic E-state index is 0.183. The molecule has 3 heteroatoms. The van der Waals surface area contributed by atoms with Crippen LogP contribution in [0.4, 0.5) is 0 Å². The van der Waals surface area contributed by atoms with E-state index in [4.69, 9.17) is 5.73 Å². The molecule has 0 bridgehead atoms. The molecule has 2 nitrogen and oxygen atoms in total. The average molecular weight is 313 g/mol. The molecule has 1 aromatic rings. The van der Waals surface area contributed by atoms with Crippen LogP contribution in [0, 0.1) is 5.41 Å². The molecule has 0 saturated carbocycles. The third kappa shape index (κ3) is 5.09. The molecule has 0 amide bonds. The lowest BCUT2D eigenvalue weighted by Gasteiger charge is -2.33. The van der Waals surface area contributed by atoms with Crippen molar-refractivity contribution in [2.75, 3.05) is 20.1 Å². The van der Waals surface area contributed by atoms with Crippen LogP contribution in [0.3, 0.4) is 0 Å². The Labute approximate surface area is 120 Å². The Morgan fingerprint density at radius 3 is 2.33 bits per heavy atom. The summed E-state index contributed by atoms with van der Waals surface area (Å²) >= 11 is 3.47. The normalized spacial score (nSPS) is 13.9. The highest BCUT2D eigenvalue weighted by molar-refractivity contribution is 9.10. The molecular weight excluding hydrogens is 288 g/mol. The van der Waals surface area contributed by atoms with Crippen LogP contribution in [0.2, 0.25) is 0 Å². The van der Waals surface area contributed by atoms with Gasteiger partial charge in [0.2, 0.25) is 0 Å². The number of benzene rings is 1. The van der Waals surface area contributed by atoms with Crippen molar-refractivity contribution in [3.05, 3.63) is 34.3 Å². The molecule has 1 unspecified atom stereocenters. The Hall–Kier alpha value is -0.380. The Kier molecular flexibility index (Phi) is 5.83. The van der Waals surface area contributed by atoms with Gasteiger partial charge in [0.1, 0.15) is 0 Å². The molecule has 2 N–H and O–H groups in total. The first kappa shape index (κ1) is 15.7. The van der Waals surface area contributed by atoms with Crippen molar-refractivity contribution >= 4 is 15.9 Å².